The van der Waals surface area contributed by atoms with Gasteiger partial charge in [0.1, 0.15) is 5.69 Å². The average molecular weight is 601 g/mol. The second kappa shape index (κ2) is 9.88. The van der Waals surface area contributed by atoms with Gasteiger partial charge in [-0.15, -0.1) is 0 Å². The number of piperidine rings is 1. The smallest absolute Gasteiger partial charge is 0.243 e. The molecule has 204 valence electrons. The molecular weight excluding hydrogens is 581 g/mol. The number of fused-ring (bicyclic) bond motifs is 2. The third-order valence-electron chi connectivity index (χ3n) is 7.39. The standard InChI is InChI=1S/C28H20Cl2F2N4O3S/c29-21-6-5-20(13-22(21)30)40(38,39)35-10-8-18-11-26-17(15-34-36(26)19-4-7-23(31)24(32)12-19)14-28(18,16-35)27(37)25-3-1-2-9-33-25/h1-7,9,11-13,15H,8,10,14,16H2/t28-/m0/s1. The van der Waals surface area contributed by atoms with Gasteiger partial charge in [0.25, 0.3) is 0 Å². The molecule has 12 heteroatoms. The van der Waals surface area contributed by atoms with Crippen LogP contribution in [0.5, 0.6) is 0 Å². The van der Waals surface area contributed by atoms with E-state index in [1.54, 1.807) is 30.5 Å². The number of carbonyl (C=O) groups is 1. The molecule has 6 rings (SSSR count). The van der Waals surface area contributed by atoms with Gasteiger partial charge in [-0.2, -0.15) is 9.40 Å². The van der Waals surface area contributed by atoms with E-state index in [4.69, 9.17) is 23.2 Å². The maximum absolute atomic E-state index is 14.2. The SMILES string of the molecule is O=C(c1ccccn1)[C@]12Cc3cnn(-c4ccc(F)c(F)c4)c3C=C1CCN(S(=O)(=O)c1ccc(Cl)c(Cl)c1)C2. The molecule has 0 spiro atoms. The van der Waals surface area contributed by atoms with Crippen LogP contribution in [0.3, 0.4) is 0 Å². The van der Waals surface area contributed by atoms with Crippen LogP contribution in [0, 0.1) is 17.0 Å². The Kier molecular flexibility index (Phi) is 6.61. The first-order valence-electron chi connectivity index (χ1n) is 12.2. The Hall–Kier alpha value is -3.44. The summed E-state index contributed by atoms with van der Waals surface area (Å²) in [7, 11) is -4.04. The van der Waals surface area contributed by atoms with Gasteiger partial charge in [0.2, 0.25) is 10.0 Å². The maximum atomic E-state index is 14.2. The van der Waals surface area contributed by atoms with Gasteiger partial charge < -0.3 is 0 Å². The van der Waals surface area contributed by atoms with Crippen molar-refractivity contribution in [1.82, 2.24) is 19.1 Å². The zero-order chi connectivity index (χ0) is 28.2. The highest BCUT2D eigenvalue weighted by atomic mass is 35.5. The number of sulfonamides is 1. The topological polar surface area (TPSA) is 85.2 Å². The van der Waals surface area contributed by atoms with Crippen molar-refractivity contribution in [2.75, 3.05) is 13.1 Å². The van der Waals surface area contributed by atoms with Crippen molar-refractivity contribution in [2.24, 2.45) is 5.41 Å². The molecule has 0 bridgehead atoms. The van der Waals surface area contributed by atoms with Crippen LogP contribution in [0.25, 0.3) is 11.8 Å². The number of halogens is 4. The number of benzene rings is 2. The zero-order valence-electron chi connectivity index (χ0n) is 20.7. The zero-order valence-corrected chi connectivity index (χ0v) is 23.0. The van der Waals surface area contributed by atoms with Crippen molar-refractivity contribution in [3.63, 3.8) is 0 Å². The minimum absolute atomic E-state index is 0.0302. The predicted molar refractivity (Wildman–Crippen MR) is 146 cm³/mol. The second-order valence-corrected chi connectivity index (χ2v) is 12.5. The lowest BCUT2D eigenvalue weighted by atomic mass is 9.65. The third-order valence-corrected chi connectivity index (χ3v) is 9.97. The third kappa shape index (κ3) is 4.35. The maximum Gasteiger partial charge on any atom is 0.243 e. The molecule has 2 aliphatic rings. The molecule has 0 unspecified atom stereocenters. The molecule has 1 atom stereocenters. The molecule has 4 aromatic rings. The number of hydrogen-bond donors (Lipinski definition) is 0. The predicted octanol–water partition coefficient (Wildman–Crippen LogP) is 5.76. The summed E-state index contributed by atoms with van der Waals surface area (Å²) in [6, 6.07) is 12.6. The quantitative estimate of drug-likeness (QED) is 0.272. The molecule has 2 aromatic carbocycles. The van der Waals surface area contributed by atoms with E-state index in [2.05, 4.69) is 10.1 Å². The number of ketones is 1. The summed E-state index contributed by atoms with van der Waals surface area (Å²) in [4.78, 5) is 18.4. The summed E-state index contributed by atoms with van der Waals surface area (Å²) in [5.41, 5.74) is 1.25. The largest absolute Gasteiger partial charge is 0.291 e. The number of rotatable bonds is 5. The minimum Gasteiger partial charge on any atom is -0.291 e. The number of carbonyl (C=O) groups excluding carboxylic acids is 1. The molecular formula is C28H20Cl2F2N4O3S. The van der Waals surface area contributed by atoms with Crippen LogP contribution in [-0.4, -0.2) is 46.4 Å². The first-order valence-corrected chi connectivity index (χ1v) is 14.4. The first-order chi connectivity index (χ1) is 19.1. The number of aromatic nitrogens is 3. The average Bonchev–Trinajstić information content (AvgIpc) is 3.36. The highest BCUT2D eigenvalue weighted by Crippen LogP contribution is 2.47. The van der Waals surface area contributed by atoms with Gasteiger partial charge in [-0.3, -0.25) is 9.78 Å². The van der Waals surface area contributed by atoms with Crippen molar-refractivity contribution in [2.45, 2.75) is 17.7 Å². The van der Waals surface area contributed by atoms with Crippen molar-refractivity contribution in [1.29, 1.82) is 0 Å². The van der Waals surface area contributed by atoms with Gasteiger partial charge in [0, 0.05) is 25.4 Å². The Balaban J connectivity index is 1.45. The minimum atomic E-state index is -4.04. The number of Topliss-reactive ketones (excluding diaryl/α,β-unsaturated/α-hetero) is 1. The van der Waals surface area contributed by atoms with Gasteiger partial charge in [-0.25, -0.2) is 21.9 Å². The number of nitrogens with zero attached hydrogens (tertiary/aromatic N) is 4. The Morgan fingerprint density at radius 2 is 1.82 bits per heavy atom. The summed E-state index contributed by atoms with van der Waals surface area (Å²) in [6.45, 7) is -0.0209. The van der Waals surface area contributed by atoms with Gasteiger partial charge >= 0.3 is 0 Å². The van der Waals surface area contributed by atoms with Gasteiger partial charge in [-0.1, -0.05) is 34.8 Å². The molecule has 1 saturated heterocycles. The summed E-state index contributed by atoms with van der Waals surface area (Å²) < 4.78 is 57.8. The van der Waals surface area contributed by atoms with Crippen molar-refractivity contribution in [3.8, 4) is 5.69 Å². The lowest BCUT2D eigenvalue weighted by Gasteiger charge is -2.44. The van der Waals surface area contributed by atoms with E-state index in [9.17, 15) is 22.0 Å². The van der Waals surface area contributed by atoms with Crippen LogP contribution < -0.4 is 0 Å². The van der Waals surface area contributed by atoms with E-state index < -0.39 is 27.1 Å². The Labute approximate surface area is 238 Å². The first kappa shape index (κ1) is 26.8. The summed E-state index contributed by atoms with van der Waals surface area (Å²) in [5, 5.41) is 4.72. The van der Waals surface area contributed by atoms with Crippen LogP contribution in [0.1, 0.15) is 28.2 Å². The highest BCUT2D eigenvalue weighted by molar-refractivity contribution is 7.89. The fourth-order valence-corrected chi connectivity index (χ4v) is 7.26. The van der Waals surface area contributed by atoms with Crippen molar-refractivity contribution >= 4 is 45.1 Å². The number of pyridine rings is 1. The Morgan fingerprint density at radius 1 is 1.00 bits per heavy atom. The van der Waals surface area contributed by atoms with E-state index >= 15 is 0 Å². The van der Waals surface area contributed by atoms with Crippen LogP contribution in [0.15, 0.2) is 77.5 Å². The molecule has 7 nitrogen and oxygen atoms in total. The molecule has 0 saturated carbocycles. The molecule has 0 amide bonds. The fraction of sp³-hybridized carbons (Fsp3) is 0.179. The molecule has 0 radical (unpaired) electrons. The van der Waals surface area contributed by atoms with E-state index in [-0.39, 0.29) is 52.3 Å². The molecule has 0 N–H and O–H groups in total. The Bertz CT molecular complexity index is 1810. The van der Waals surface area contributed by atoms with Crippen LogP contribution in [-0.2, 0) is 16.4 Å². The fourth-order valence-electron chi connectivity index (χ4n) is 5.37. The monoisotopic (exact) mass is 600 g/mol. The molecule has 1 aliphatic heterocycles. The van der Waals surface area contributed by atoms with Crippen LogP contribution >= 0.6 is 23.2 Å². The molecule has 40 heavy (non-hydrogen) atoms. The van der Waals surface area contributed by atoms with Crippen molar-refractivity contribution < 1.29 is 22.0 Å². The molecule has 2 aromatic heterocycles. The summed E-state index contributed by atoms with van der Waals surface area (Å²) in [6.07, 6.45) is 5.26. The van der Waals surface area contributed by atoms with Crippen molar-refractivity contribution in [3.05, 3.63) is 111 Å². The van der Waals surface area contributed by atoms with Crippen LogP contribution in [0.4, 0.5) is 8.78 Å². The molecule has 1 fully saturated rings. The van der Waals surface area contributed by atoms with E-state index in [1.165, 1.54) is 39.4 Å². The second-order valence-electron chi connectivity index (χ2n) is 9.70. The highest BCUT2D eigenvalue weighted by Gasteiger charge is 2.51. The normalized spacial score (nSPS) is 19.1. The van der Waals surface area contributed by atoms with Gasteiger partial charge in [-0.05, 0) is 66.9 Å². The van der Waals surface area contributed by atoms with Crippen LogP contribution in [0.2, 0.25) is 10.0 Å². The summed E-state index contributed by atoms with van der Waals surface area (Å²) in [5.74, 6) is -2.30. The lowest BCUT2D eigenvalue weighted by molar-refractivity contribution is 0.0770. The van der Waals surface area contributed by atoms with E-state index in [0.29, 0.717) is 22.5 Å². The van der Waals surface area contributed by atoms with E-state index in [1.807, 2.05) is 0 Å². The van der Waals surface area contributed by atoms with E-state index in [0.717, 1.165) is 12.1 Å². The number of hydrogen-bond acceptors (Lipinski definition) is 5. The summed E-state index contributed by atoms with van der Waals surface area (Å²) >= 11 is 12.1. The van der Waals surface area contributed by atoms with Gasteiger partial charge in [0.15, 0.2) is 17.4 Å². The molecule has 1 aliphatic carbocycles. The molecule has 3 heterocycles. The lowest BCUT2D eigenvalue weighted by Crippen LogP contribution is -2.53. The Morgan fingerprint density at radius 3 is 2.55 bits per heavy atom. The van der Waals surface area contributed by atoms with Gasteiger partial charge in [0.05, 0.1) is 37.9 Å².